The maximum atomic E-state index is 12.7. The van der Waals surface area contributed by atoms with Gasteiger partial charge in [-0.1, -0.05) is 0 Å². The summed E-state index contributed by atoms with van der Waals surface area (Å²) in [6.45, 7) is 0. The molecule has 0 amide bonds. The van der Waals surface area contributed by atoms with Crippen molar-refractivity contribution in [3.8, 4) is 5.75 Å². The number of rotatable bonds is 2. The minimum Gasteiger partial charge on any atom is -0.403 e. The van der Waals surface area contributed by atoms with Crippen molar-refractivity contribution in [2.24, 2.45) is 0 Å². The zero-order valence-corrected chi connectivity index (χ0v) is 7.14. The highest BCUT2D eigenvalue weighted by Gasteiger charge is 2.33. The molecule has 0 unspecified atom stereocenters. The molecule has 0 heterocycles. The summed E-state index contributed by atoms with van der Waals surface area (Å²) in [5, 5.41) is 0. The molecule has 0 aliphatic carbocycles. The topological polar surface area (TPSA) is 52.3 Å². The lowest BCUT2D eigenvalue weighted by atomic mass is 10.2. The van der Waals surface area contributed by atoms with Crippen LogP contribution in [-0.4, -0.2) is 12.6 Å². The molecule has 0 aliphatic heterocycles. The van der Waals surface area contributed by atoms with Crippen LogP contribution in [0.5, 0.6) is 5.75 Å². The molecule has 0 radical (unpaired) electrons. The third kappa shape index (κ3) is 2.83. The van der Waals surface area contributed by atoms with Crippen LogP contribution in [0.3, 0.4) is 0 Å². The monoisotopic (exact) mass is 223 g/mol. The van der Waals surface area contributed by atoms with Crippen molar-refractivity contribution in [3.63, 3.8) is 0 Å². The summed E-state index contributed by atoms with van der Waals surface area (Å²) in [5.41, 5.74) is 3.90. The fraction of sp³-hybridized carbons (Fsp3) is 0.125. The second-order valence-electron chi connectivity index (χ2n) is 2.58. The van der Waals surface area contributed by atoms with Gasteiger partial charge in [-0.05, 0) is 6.07 Å². The summed E-state index contributed by atoms with van der Waals surface area (Å²) in [6.07, 6.45) is -4.95. The average Bonchev–Trinajstić information content (AvgIpc) is 2.07. The Morgan fingerprint density at radius 2 is 1.93 bits per heavy atom. The molecule has 1 rings (SSSR count). The SMILES string of the molecule is Nc1cc(F)cc(C=O)c1OC(F)(F)F. The highest BCUT2D eigenvalue weighted by Crippen LogP contribution is 2.31. The van der Waals surface area contributed by atoms with Crippen molar-refractivity contribution in [2.45, 2.75) is 6.36 Å². The molecule has 1 aromatic rings. The number of ether oxygens (including phenoxy) is 1. The van der Waals surface area contributed by atoms with Crippen molar-refractivity contribution < 1.29 is 27.1 Å². The van der Waals surface area contributed by atoms with Gasteiger partial charge in [0.05, 0.1) is 11.3 Å². The number of nitrogens with two attached hydrogens (primary N) is 1. The first-order chi connectivity index (χ1) is 6.83. The summed E-state index contributed by atoms with van der Waals surface area (Å²) in [4.78, 5) is 10.3. The first-order valence-corrected chi connectivity index (χ1v) is 3.63. The number of nitrogen functional groups attached to an aromatic ring is 1. The Balaban J connectivity index is 3.21. The molecule has 0 aliphatic rings. The van der Waals surface area contributed by atoms with Crippen molar-refractivity contribution >= 4 is 12.0 Å². The fourth-order valence-corrected chi connectivity index (χ4v) is 0.958. The Kier molecular flexibility index (Phi) is 2.83. The number of anilines is 1. The Labute approximate surface area is 81.4 Å². The quantitative estimate of drug-likeness (QED) is 0.474. The van der Waals surface area contributed by atoms with E-state index in [0.717, 1.165) is 0 Å². The van der Waals surface area contributed by atoms with Gasteiger partial charge in [0.1, 0.15) is 5.82 Å². The lowest BCUT2D eigenvalue weighted by Crippen LogP contribution is -2.19. The van der Waals surface area contributed by atoms with E-state index in [2.05, 4.69) is 4.74 Å². The maximum absolute atomic E-state index is 12.7. The zero-order chi connectivity index (χ0) is 11.6. The summed E-state index contributed by atoms with van der Waals surface area (Å²) in [6, 6.07) is 1.23. The number of halogens is 4. The fourth-order valence-electron chi connectivity index (χ4n) is 0.958. The first-order valence-electron chi connectivity index (χ1n) is 3.63. The number of alkyl halides is 3. The van der Waals surface area contributed by atoms with E-state index in [9.17, 15) is 22.4 Å². The predicted octanol–water partition coefficient (Wildman–Crippen LogP) is 2.12. The number of carbonyl (C=O) groups is 1. The molecule has 0 atom stereocenters. The molecular formula is C8H5F4NO2. The zero-order valence-electron chi connectivity index (χ0n) is 7.14. The van der Waals surface area contributed by atoms with Crippen LogP contribution < -0.4 is 10.5 Å². The average molecular weight is 223 g/mol. The van der Waals surface area contributed by atoms with E-state index in [1.807, 2.05) is 0 Å². The van der Waals surface area contributed by atoms with Crippen LogP contribution in [0.15, 0.2) is 12.1 Å². The van der Waals surface area contributed by atoms with Gasteiger partial charge in [-0.25, -0.2) is 4.39 Å². The number of hydrogen-bond donors (Lipinski definition) is 1. The Morgan fingerprint density at radius 1 is 1.33 bits per heavy atom. The molecule has 7 heteroatoms. The van der Waals surface area contributed by atoms with Gasteiger partial charge in [-0.3, -0.25) is 4.79 Å². The van der Waals surface area contributed by atoms with Gasteiger partial charge >= 0.3 is 6.36 Å². The highest BCUT2D eigenvalue weighted by atomic mass is 19.4. The molecule has 0 spiro atoms. The number of aldehydes is 1. The van der Waals surface area contributed by atoms with Gasteiger partial charge in [-0.15, -0.1) is 13.2 Å². The van der Waals surface area contributed by atoms with Crippen LogP contribution in [0, 0.1) is 5.82 Å². The molecule has 3 nitrogen and oxygen atoms in total. The third-order valence-electron chi connectivity index (χ3n) is 1.46. The summed E-state index contributed by atoms with van der Waals surface area (Å²) >= 11 is 0. The maximum Gasteiger partial charge on any atom is 0.573 e. The van der Waals surface area contributed by atoms with Crippen LogP contribution in [0.25, 0.3) is 0 Å². The van der Waals surface area contributed by atoms with E-state index in [4.69, 9.17) is 5.73 Å². The summed E-state index contributed by atoms with van der Waals surface area (Å²) in [5.74, 6) is -1.80. The van der Waals surface area contributed by atoms with Crippen LogP contribution in [0.1, 0.15) is 10.4 Å². The molecule has 0 aromatic heterocycles. The van der Waals surface area contributed by atoms with E-state index >= 15 is 0 Å². The van der Waals surface area contributed by atoms with E-state index in [0.29, 0.717) is 12.1 Å². The van der Waals surface area contributed by atoms with Gasteiger partial charge in [0.25, 0.3) is 0 Å². The molecule has 0 saturated carbocycles. The van der Waals surface area contributed by atoms with Gasteiger partial charge in [0.2, 0.25) is 0 Å². The number of hydrogen-bond acceptors (Lipinski definition) is 3. The van der Waals surface area contributed by atoms with Gasteiger partial charge in [0, 0.05) is 6.07 Å². The summed E-state index contributed by atoms with van der Waals surface area (Å²) in [7, 11) is 0. The smallest absolute Gasteiger partial charge is 0.403 e. The van der Waals surface area contributed by atoms with Crippen LogP contribution in [-0.2, 0) is 0 Å². The van der Waals surface area contributed by atoms with E-state index < -0.39 is 29.2 Å². The van der Waals surface area contributed by atoms with Crippen molar-refractivity contribution in [1.29, 1.82) is 0 Å². The molecule has 15 heavy (non-hydrogen) atoms. The largest absolute Gasteiger partial charge is 0.573 e. The molecule has 1 aromatic carbocycles. The number of carbonyl (C=O) groups excluding carboxylic acids is 1. The second-order valence-corrected chi connectivity index (χ2v) is 2.58. The van der Waals surface area contributed by atoms with E-state index in [1.54, 1.807) is 0 Å². The van der Waals surface area contributed by atoms with Crippen molar-refractivity contribution in [1.82, 2.24) is 0 Å². The minimum atomic E-state index is -4.98. The van der Waals surface area contributed by atoms with Crippen LogP contribution in [0.2, 0.25) is 0 Å². The van der Waals surface area contributed by atoms with Crippen molar-refractivity contribution in [2.75, 3.05) is 5.73 Å². The standard InChI is InChI=1S/C8H5F4NO2/c9-5-1-4(3-14)7(6(13)2-5)15-8(10,11)12/h1-3H,13H2. The predicted molar refractivity (Wildman–Crippen MR) is 42.9 cm³/mol. The molecule has 0 saturated heterocycles. The molecule has 0 fully saturated rings. The molecular weight excluding hydrogens is 218 g/mol. The normalized spacial score (nSPS) is 11.2. The van der Waals surface area contributed by atoms with Crippen LogP contribution in [0.4, 0.5) is 23.2 Å². The first kappa shape index (κ1) is 11.3. The molecule has 2 N–H and O–H groups in total. The third-order valence-corrected chi connectivity index (χ3v) is 1.46. The number of benzene rings is 1. The van der Waals surface area contributed by atoms with Crippen LogP contribution >= 0.6 is 0 Å². The van der Waals surface area contributed by atoms with Gasteiger partial charge in [0.15, 0.2) is 12.0 Å². The van der Waals surface area contributed by atoms with E-state index in [-0.39, 0.29) is 6.29 Å². The molecule has 0 bridgehead atoms. The van der Waals surface area contributed by atoms with Crippen molar-refractivity contribution in [3.05, 3.63) is 23.5 Å². The lowest BCUT2D eigenvalue weighted by molar-refractivity contribution is -0.274. The Morgan fingerprint density at radius 3 is 2.40 bits per heavy atom. The second kappa shape index (κ2) is 3.76. The molecule has 82 valence electrons. The van der Waals surface area contributed by atoms with Gasteiger partial charge in [-0.2, -0.15) is 0 Å². The minimum absolute atomic E-state index is 0.0283. The summed E-state index contributed by atoms with van der Waals surface area (Å²) < 4.78 is 51.7. The van der Waals surface area contributed by atoms with Gasteiger partial charge < -0.3 is 10.5 Å². The Bertz CT molecular complexity index is 389. The Hall–Kier alpha value is -1.79. The van der Waals surface area contributed by atoms with E-state index in [1.165, 1.54) is 0 Å². The highest BCUT2D eigenvalue weighted by molar-refractivity contribution is 5.83. The lowest BCUT2D eigenvalue weighted by Gasteiger charge is -2.12.